The Kier molecular flexibility index (Phi) is 4.65. The molecular formula is C13H23N3O2. The molecule has 0 saturated heterocycles. The van der Waals surface area contributed by atoms with Crippen LogP contribution in [0.5, 0.6) is 0 Å². The van der Waals surface area contributed by atoms with Gasteiger partial charge in [0, 0.05) is 24.1 Å². The number of methoxy groups -OCH3 is 1. The second-order valence-corrected chi connectivity index (χ2v) is 5.54. The van der Waals surface area contributed by atoms with Crippen LogP contribution in [0, 0.1) is 0 Å². The molecule has 0 radical (unpaired) electrons. The van der Waals surface area contributed by atoms with E-state index in [1.165, 1.54) is 4.68 Å². The maximum Gasteiger partial charge on any atom is 0.271 e. The van der Waals surface area contributed by atoms with Crippen LogP contribution in [0.4, 0.5) is 0 Å². The fraction of sp³-hybridized carbons (Fsp3) is 0.692. The molecule has 1 aromatic heterocycles. The lowest BCUT2D eigenvalue weighted by atomic mass is 9.90. The van der Waals surface area contributed by atoms with Gasteiger partial charge >= 0.3 is 0 Å². The normalized spacial score (nSPS) is 13.7. The third-order valence-corrected chi connectivity index (χ3v) is 2.77. The van der Waals surface area contributed by atoms with E-state index in [0.717, 1.165) is 5.69 Å². The zero-order valence-corrected chi connectivity index (χ0v) is 11.9. The first-order chi connectivity index (χ1) is 8.27. The summed E-state index contributed by atoms with van der Waals surface area (Å²) in [6.07, 6.45) is 0. The molecule has 102 valence electrons. The molecular weight excluding hydrogens is 230 g/mol. The van der Waals surface area contributed by atoms with Gasteiger partial charge in [-0.05, 0) is 13.0 Å². The second-order valence-electron chi connectivity index (χ2n) is 5.54. The number of nitrogens with two attached hydrogens (primary N) is 1. The highest BCUT2D eigenvalue weighted by molar-refractivity contribution is 5.21. The molecule has 5 heteroatoms. The van der Waals surface area contributed by atoms with Crippen molar-refractivity contribution in [3.63, 3.8) is 0 Å². The molecule has 0 aromatic carbocycles. The predicted molar refractivity (Wildman–Crippen MR) is 71.7 cm³/mol. The number of rotatable bonds is 4. The van der Waals surface area contributed by atoms with E-state index in [4.69, 9.17) is 10.5 Å². The number of nitrogens with zero attached hydrogens (tertiary/aromatic N) is 2. The molecule has 0 saturated carbocycles. The maximum absolute atomic E-state index is 12.2. The molecule has 1 atom stereocenters. The van der Waals surface area contributed by atoms with E-state index in [0.29, 0.717) is 18.7 Å². The van der Waals surface area contributed by atoms with Gasteiger partial charge in [0.25, 0.3) is 5.56 Å². The van der Waals surface area contributed by atoms with Gasteiger partial charge in [-0.3, -0.25) is 4.79 Å². The van der Waals surface area contributed by atoms with E-state index < -0.39 is 0 Å². The standard InChI is InChI=1S/C13H23N3O2/c1-9(14)10-8-11(13(2,3)4)15-16(12(10)17)6-7-18-5/h8-9H,6-7,14H2,1-5H3. The van der Waals surface area contributed by atoms with E-state index in [9.17, 15) is 4.79 Å². The summed E-state index contributed by atoms with van der Waals surface area (Å²) >= 11 is 0. The highest BCUT2D eigenvalue weighted by Crippen LogP contribution is 2.20. The molecule has 5 nitrogen and oxygen atoms in total. The lowest BCUT2D eigenvalue weighted by molar-refractivity contribution is 0.181. The van der Waals surface area contributed by atoms with Crippen LogP contribution in [-0.4, -0.2) is 23.5 Å². The Bertz CT molecular complexity index is 458. The smallest absolute Gasteiger partial charge is 0.271 e. The first kappa shape index (κ1) is 14.9. The maximum atomic E-state index is 12.2. The average molecular weight is 253 g/mol. The van der Waals surface area contributed by atoms with Crippen LogP contribution >= 0.6 is 0 Å². The highest BCUT2D eigenvalue weighted by atomic mass is 16.5. The summed E-state index contributed by atoms with van der Waals surface area (Å²) < 4.78 is 6.44. The van der Waals surface area contributed by atoms with Crippen LogP contribution < -0.4 is 11.3 Å². The minimum atomic E-state index is -0.296. The van der Waals surface area contributed by atoms with Crippen molar-refractivity contribution in [1.82, 2.24) is 9.78 Å². The van der Waals surface area contributed by atoms with Crippen LogP contribution in [-0.2, 0) is 16.7 Å². The summed E-state index contributed by atoms with van der Waals surface area (Å²) in [5, 5.41) is 4.39. The zero-order chi connectivity index (χ0) is 13.9. The summed E-state index contributed by atoms with van der Waals surface area (Å²) in [5.41, 5.74) is 7.07. The summed E-state index contributed by atoms with van der Waals surface area (Å²) in [6.45, 7) is 8.89. The molecule has 0 fully saturated rings. The van der Waals surface area contributed by atoms with Crippen molar-refractivity contribution in [1.29, 1.82) is 0 Å². The topological polar surface area (TPSA) is 70.1 Å². The van der Waals surface area contributed by atoms with E-state index in [1.807, 2.05) is 13.0 Å². The molecule has 1 aromatic rings. The van der Waals surface area contributed by atoms with Gasteiger partial charge in [0.05, 0.1) is 18.8 Å². The van der Waals surface area contributed by atoms with E-state index >= 15 is 0 Å². The SMILES string of the molecule is COCCn1nc(C(C)(C)C)cc(C(C)N)c1=O. The molecule has 1 heterocycles. The molecule has 1 rings (SSSR count). The Labute approximate surface area is 108 Å². The molecule has 0 amide bonds. The number of hydrogen-bond acceptors (Lipinski definition) is 4. The molecule has 0 aliphatic carbocycles. The summed E-state index contributed by atoms with van der Waals surface area (Å²) in [6, 6.07) is 1.52. The van der Waals surface area contributed by atoms with Crippen LogP contribution in [0.3, 0.4) is 0 Å². The van der Waals surface area contributed by atoms with Crippen LogP contribution in [0.25, 0.3) is 0 Å². The third-order valence-electron chi connectivity index (χ3n) is 2.77. The Balaban J connectivity index is 3.33. The van der Waals surface area contributed by atoms with Crippen LogP contribution in [0.1, 0.15) is 45.0 Å². The van der Waals surface area contributed by atoms with Crippen LogP contribution in [0.2, 0.25) is 0 Å². The van der Waals surface area contributed by atoms with Gasteiger partial charge < -0.3 is 10.5 Å². The third kappa shape index (κ3) is 3.40. The molecule has 2 N–H and O–H groups in total. The lowest BCUT2D eigenvalue weighted by Gasteiger charge is -2.21. The number of ether oxygens (including phenoxy) is 1. The minimum absolute atomic E-state index is 0.119. The van der Waals surface area contributed by atoms with E-state index in [2.05, 4.69) is 25.9 Å². The van der Waals surface area contributed by atoms with Crippen molar-refractivity contribution in [2.45, 2.75) is 45.7 Å². The molecule has 18 heavy (non-hydrogen) atoms. The van der Waals surface area contributed by atoms with Gasteiger partial charge in [0.15, 0.2) is 0 Å². The Hall–Kier alpha value is -1.20. The molecule has 0 aliphatic rings. The van der Waals surface area contributed by atoms with E-state index in [-0.39, 0.29) is 17.0 Å². The van der Waals surface area contributed by atoms with E-state index in [1.54, 1.807) is 7.11 Å². The molecule has 0 spiro atoms. The quantitative estimate of drug-likeness (QED) is 0.875. The lowest BCUT2D eigenvalue weighted by Crippen LogP contribution is -2.33. The van der Waals surface area contributed by atoms with Crippen molar-refractivity contribution in [2.75, 3.05) is 13.7 Å². The monoisotopic (exact) mass is 253 g/mol. The summed E-state index contributed by atoms with van der Waals surface area (Å²) in [7, 11) is 1.60. The van der Waals surface area contributed by atoms with Crippen molar-refractivity contribution < 1.29 is 4.74 Å². The minimum Gasteiger partial charge on any atom is -0.383 e. The van der Waals surface area contributed by atoms with Crippen molar-refractivity contribution in [2.24, 2.45) is 5.73 Å². The Morgan fingerprint density at radius 1 is 1.50 bits per heavy atom. The first-order valence-electron chi connectivity index (χ1n) is 6.14. The van der Waals surface area contributed by atoms with Crippen LogP contribution in [0.15, 0.2) is 10.9 Å². The largest absolute Gasteiger partial charge is 0.383 e. The zero-order valence-electron chi connectivity index (χ0n) is 11.9. The van der Waals surface area contributed by atoms with Gasteiger partial charge in [0.2, 0.25) is 0 Å². The average Bonchev–Trinajstić information content (AvgIpc) is 2.25. The molecule has 0 aliphatic heterocycles. The number of aromatic nitrogens is 2. The predicted octanol–water partition coefficient (Wildman–Crippen LogP) is 1.21. The van der Waals surface area contributed by atoms with Gasteiger partial charge in [-0.15, -0.1) is 0 Å². The first-order valence-corrected chi connectivity index (χ1v) is 6.14. The Morgan fingerprint density at radius 3 is 2.56 bits per heavy atom. The molecule has 1 unspecified atom stereocenters. The summed E-state index contributed by atoms with van der Waals surface area (Å²) in [5.74, 6) is 0. The fourth-order valence-electron chi connectivity index (χ4n) is 1.58. The fourth-order valence-corrected chi connectivity index (χ4v) is 1.58. The van der Waals surface area contributed by atoms with Crippen molar-refractivity contribution >= 4 is 0 Å². The second kappa shape index (κ2) is 5.63. The van der Waals surface area contributed by atoms with Gasteiger partial charge in [-0.2, -0.15) is 5.10 Å². The van der Waals surface area contributed by atoms with Gasteiger partial charge in [-0.1, -0.05) is 20.8 Å². The Morgan fingerprint density at radius 2 is 2.11 bits per heavy atom. The summed E-state index contributed by atoms with van der Waals surface area (Å²) in [4.78, 5) is 12.2. The van der Waals surface area contributed by atoms with Crippen molar-refractivity contribution in [3.8, 4) is 0 Å². The van der Waals surface area contributed by atoms with Crippen molar-refractivity contribution in [3.05, 3.63) is 27.7 Å². The highest BCUT2D eigenvalue weighted by Gasteiger charge is 2.20. The van der Waals surface area contributed by atoms with Gasteiger partial charge in [0.1, 0.15) is 0 Å². The van der Waals surface area contributed by atoms with Gasteiger partial charge in [-0.25, -0.2) is 4.68 Å². The molecule has 0 bridgehead atoms. The number of hydrogen-bond donors (Lipinski definition) is 1.